The van der Waals surface area contributed by atoms with Gasteiger partial charge in [-0.05, 0) is 12.1 Å². The van der Waals surface area contributed by atoms with Crippen LogP contribution in [0.5, 0.6) is 5.75 Å². The number of benzene rings is 1. The third-order valence-corrected chi connectivity index (χ3v) is 2.64. The maximum Gasteiger partial charge on any atom is 0.317 e. The Labute approximate surface area is 104 Å². The number of carbonyl (C=O) groups is 1. The number of rotatable bonds is 4. The first kappa shape index (κ1) is 12.2. The van der Waals surface area contributed by atoms with Crippen LogP contribution >= 0.6 is 0 Å². The van der Waals surface area contributed by atoms with Crippen molar-refractivity contribution >= 4 is 6.03 Å². The highest BCUT2D eigenvalue weighted by Gasteiger charge is 2.18. The number of nitriles is 1. The Kier molecular flexibility index (Phi) is 3.63. The van der Waals surface area contributed by atoms with E-state index in [0.29, 0.717) is 32.0 Å². The monoisotopic (exact) mass is 249 g/mol. The molecule has 0 spiro atoms. The van der Waals surface area contributed by atoms with E-state index in [1.54, 1.807) is 11.0 Å². The summed E-state index contributed by atoms with van der Waals surface area (Å²) in [4.78, 5) is 12.8. The lowest BCUT2D eigenvalue weighted by Crippen LogP contribution is -2.31. The van der Waals surface area contributed by atoms with Gasteiger partial charge in [-0.1, -0.05) is 0 Å². The number of halogens is 1. The highest BCUT2D eigenvalue weighted by molar-refractivity contribution is 5.76. The number of nitrogens with zero attached hydrogens (tertiary/aromatic N) is 2. The van der Waals surface area contributed by atoms with E-state index in [-0.39, 0.29) is 11.6 Å². The van der Waals surface area contributed by atoms with Crippen molar-refractivity contribution in [2.75, 3.05) is 26.2 Å². The van der Waals surface area contributed by atoms with Crippen molar-refractivity contribution in [1.82, 2.24) is 10.2 Å². The lowest BCUT2D eigenvalue weighted by atomic mass is 10.2. The molecule has 0 bridgehead atoms. The van der Waals surface area contributed by atoms with E-state index in [1.165, 1.54) is 18.2 Å². The molecule has 18 heavy (non-hydrogen) atoms. The smallest absolute Gasteiger partial charge is 0.317 e. The SMILES string of the molecule is N#Cc1ccc(OCCN2CCNC2=O)cc1F. The first-order chi connectivity index (χ1) is 8.70. The molecule has 1 aliphatic heterocycles. The zero-order valence-electron chi connectivity index (χ0n) is 9.65. The Morgan fingerprint density at radius 3 is 3.00 bits per heavy atom. The summed E-state index contributed by atoms with van der Waals surface area (Å²) in [5.74, 6) is -0.250. The third-order valence-electron chi connectivity index (χ3n) is 2.64. The number of hydrogen-bond acceptors (Lipinski definition) is 3. The highest BCUT2D eigenvalue weighted by Crippen LogP contribution is 2.15. The summed E-state index contributed by atoms with van der Waals surface area (Å²) < 4.78 is 18.6. The van der Waals surface area contributed by atoms with Crippen LogP contribution in [0.15, 0.2) is 18.2 Å². The molecule has 5 nitrogen and oxygen atoms in total. The average Bonchev–Trinajstić information content (AvgIpc) is 2.75. The Morgan fingerprint density at radius 2 is 2.39 bits per heavy atom. The molecule has 1 N–H and O–H groups in total. The zero-order valence-corrected chi connectivity index (χ0v) is 9.65. The topological polar surface area (TPSA) is 65.4 Å². The Morgan fingerprint density at radius 1 is 1.56 bits per heavy atom. The quantitative estimate of drug-likeness (QED) is 0.869. The summed E-state index contributed by atoms with van der Waals surface area (Å²) in [7, 11) is 0. The van der Waals surface area contributed by atoms with Crippen molar-refractivity contribution in [2.45, 2.75) is 0 Å². The van der Waals surface area contributed by atoms with Crippen LogP contribution in [0.1, 0.15) is 5.56 Å². The average molecular weight is 249 g/mol. The summed E-state index contributed by atoms with van der Waals surface area (Å²) in [6, 6.07) is 5.70. The van der Waals surface area contributed by atoms with E-state index in [1.807, 2.05) is 0 Å². The molecule has 1 aromatic carbocycles. The molecule has 1 heterocycles. The minimum Gasteiger partial charge on any atom is -0.492 e. The first-order valence-corrected chi connectivity index (χ1v) is 5.56. The predicted molar refractivity (Wildman–Crippen MR) is 61.6 cm³/mol. The molecule has 1 fully saturated rings. The van der Waals surface area contributed by atoms with Gasteiger partial charge in [0.05, 0.1) is 12.1 Å². The molecular formula is C12H12FN3O2. The normalized spacial score (nSPS) is 14.2. The standard InChI is InChI=1S/C12H12FN3O2/c13-11-7-10(2-1-9(11)8-14)18-6-5-16-4-3-15-12(16)17/h1-2,7H,3-6H2,(H,15,17). The highest BCUT2D eigenvalue weighted by atomic mass is 19.1. The number of urea groups is 1. The van der Waals surface area contributed by atoms with E-state index in [2.05, 4.69) is 5.32 Å². The molecule has 0 unspecified atom stereocenters. The molecule has 1 aliphatic rings. The Hall–Kier alpha value is -2.29. The van der Waals surface area contributed by atoms with Gasteiger partial charge in [-0.25, -0.2) is 9.18 Å². The molecule has 1 saturated heterocycles. The van der Waals surface area contributed by atoms with Crippen molar-refractivity contribution in [2.24, 2.45) is 0 Å². The minimum atomic E-state index is -0.603. The summed E-state index contributed by atoms with van der Waals surface area (Å²) in [6.45, 7) is 2.04. The molecule has 1 aromatic rings. The summed E-state index contributed by atoms with van der Waals surface area (Å²) in [5.41, 5.74) is -0.0127. The molecule has 2 rings (SSSR count). The van der Waals surface area contributed by atoms with Gasteiger partial charge in [-0.2, -0.15) is 5.26 Å². The second-order valence-corrected chi connectivity index (χ2v) is 3.82. The van der Waals surface area contributed by atoms with Crippen LogP contribution in [0.2, 0.25) is 0 Å². The molecule has 0 aliphatic carbocycles. The number of amides is 2. The number of ether oxygens (including phenoxy) is 1. The first-order valence-electron chi connectivity index (χ1n) is 5.56. The lowest BCUT2D eigenvalue weighted by Gasteiger charge is -2.14. The van der Waals surface area contributed by atoms with Gasteiger partial charge in [-0.15, -0.1) is 0 Å². The van der Waals surface area contributed by atoms with Crippen LogP contribution in [0.3, 0.4) is 0 Å². The Bertz CT molecular complexity index is 499. The van der Waals surface area contributed by atoms with E-state index in [9.17, 15) is 9.18 Å². The number of hydrogen-bond donors (Lipinski definition) is 1. The van der Waals surface area contributed by atoms with Gasteiger partial charge in [-0.3, -0.25) is 0 Å². The number of carbonyl (C=O) groups excluding carboxylic acids is 1. The van der Waals surface area contributed by atoms with Crippen LogP contribution in [-0.4, -0.2) is 37.2 Å². The molecule has 0 saturated carbocycles. The molecular weight excluding hydrogens is 237 g/mol. The summed E-state index contributed by atoms with van der Waals surface area (Å²) in [6.07, 6.45) is 0. The van der Waals surface area contributed by atoms with Crippen LogP contribution < -0.4 is 10.1 Å². The van der Waals surface area contributed by atoms with E-state index < -0.39 is 5.82 Å². The molecule has 6 heteroatoms. The van der Waals surface area contributed by atoms with Crippen LogP contribution in [0.4, 0.5) is 9.18 Å². The molecule has 94 valence electrons. The maximum absolute atomic E-state index is 13.3. The van der Waals surface area contributed by atoms with Crippen molar-refractivity contribution in [3.63, 3.8) is 0 Å². The molecule has 0 aromatic heterocycles. The fourth-order valence-corrected chi connectivity index (χ4v) is 1.67. The van der Waals surface area contributed by atoms with E-state index in [4.69, 9.17) is 10.00 Å². The molecule has 2 amide bonds. The largest absolute Gasteiger partial charge is 0.492 e. The Balaban J connectivity index is 1.85. The predicted octanol–water partition coefficient (Wildman–Crippen LogP) is 1.10. The van der Waals surface area contributed by atoms with Crippen molar-refractivity contribution < 1.29 is 13.9 Å². The van der Waals surface area contributed by atoms with Gasteiger partial charge in [0.2, 0.25) is 0 Å². The fraction of sp³-hybridized carbons (Fsp3) is 0.333. The van der Waals surface area contributed by atoms with Gasteiger partial charge < -0.3 is 15.0 Å². The van der Waals surface area contributed by atoms with Crippen molar-refractivity contribution in [3.8, 4) is 11.8 Å². The van der Waals surface area contributed by atoms with Crippen molar-refractivity contribution in [3.05, 3.63) is 29.6 Å². The zero-order chi connectivity index (χ0) is 13.0. The van der Waals surface area contributed by atoms with Gasteiger partial charge >= 0.3 is 6.03 Å². The molecule has 0 atom stereocenters. The van der Waals surface area contributed by atoms with E-state index >= 15 is 0 Å². The summed E-state index contributed by atoms with van der Waals surface area (Å²) >= 11 is 0. The second-order valence-electron chi connectivity index (χ2n) is 3.82. The van der Waals surface area contributed by atoms with Gasteiger partial charge in [0.1, 0.15) is 24.2 Å². The molecule has 0 radical (unpaired) electrons. The van der Waals surface area contributed by atoms with Crippen LogP contribution in [0.25, 0.3) is 0 Å². The summed E-state index contributed by atoms with van der Waals surface area (Å²) in [5, 5.41) is 11.3. The fourth-order valence-electron chi connectivity index (χ4n) is 1.67. The second kappa shape index (κ2) is 5.36. The van der Waals surface area contributed by atoms with Crippen LogP contribution in [0, 0.1) is 17.1 Å². The van der Waals surface area contributed by atoms with E-state index in [0.717, 1.165) is 0 Å². The van der Waals surface area contributed by atoms with Gasteiger partial charge in [0.15, 0.2) is 0 Å². The third kappa shape index (κ3) is 2.69. The van der Waals surface area contributed by atoms with Crippen LogP contribution in [-0.2, 0) is 0 Å². The van der Waals surface area contributed by atoms with Gasteiger partial charge in [0, 0.05) is 19.2 Å². The lowest BCUT2D eigenvalue weighted by molar-refractivity contribution is 0.202. The van der Waals surface area contributed by atoms with Gasteiger partial charge in [0.25, 0.3) is 0 Å². The number of nitrogens with one attached hydrogen (secondary N) is 1. The minimum absolute atomic E-state index is 0.0127. The maximum atomic E-state index is 13.3. The van der Waals surface area contributed by atoms with Crippen molar-refractivity contribution in [1.29, 1.82) is 5.26 Å².